The molecule has 44 heavy (non-hydrogen) atoms. The predicted octanol–water partition coefficient (Wildman–Crippen LogP) is 6.59. The Morgan fingerprint density at radius 2 is 1.75 bits per heavy atom. The summed E-state index contributed by atoms with van der Waals surface area (Å²) >= 11 is 0. The molecule has 0 saturated carbocycles. The second-order valence-corrected chi connectivity index (χ2v) is 12.3. The fourth-order valence-electron chi connectivity index (χ4n) is 5.13. The number of piperidine rings is 1. The van der Waals surface area contributed by atoms with E-state index in [2.05, 4.69) is 24.7 Å². The van der Waals surface area contributed by atoms with Crippen molar-refractivity contribution in [2.24, 2.45) is 7.05 Å². The molecule has 0 aliphatic carbocycles. The van der Waals surface area contributed by atoms with Crippen LogP contribution in [-0.2, 0) is 23.0 Å². The van der Waals surface area contributed by atoms with Gasteiger partial charge in [0.1, 0.15) is 16.2 Å². The normalized spacial score (nSPS) is 16.6. The zero-order valence-electron chi connectivity index (χ0n) is 23.9. The molecule has 0 amide bonds. The van der Waals surface area contributed by atoms with E-state index < -0.39 is 45.2 Å². The number of sulfonamides is 1. The van der Waals surface area contributed by atoms with E-state index in [1.54, 1.807) is 18.2 Å². The summed E-state index contributed by atoms with van der Waals surface area (Å²) in [6.07, 6.45) is -1.06. The fraction of sp³-hybridized carbons (Fsp3) is 0.345. The van der Waals surface area contributed by atoms with Gasteiger partial charge < -0.3 is 4.74 Å². The van der Waals surface area contributed by atoms with Gasteiger partial charge in [0.05, 0.1) is 11.9 Å². The second-order valence-electron chi connectivity index (χ2n) is 10.6. The van der Waals surface area contributed by atoms with Crippen LogP contribution in [0.5, 0.6) is 11.6 Å². The van der Waals surface area contributed by atoms with Crippen molar-refractivity contribution in [3.8, 4) is 22.9 Å². The van der Waals surface area contributed by atoms with Gasteiger partial charge in [0.25, 0.3) is 10.0 Å². The Labute approximate surface area is 250 Å². The first kappa shape index (κ1) is 31.3. The zero-order valence-corrected chi connectivity index (χ0v) is 24.8. The lowest BCUT2D eigenvalue weighted by Gasteiger charge is -2.33. The van der Waals surface area contributed by atoms with Crippen LogP contribution in [0.1, 0.15) is 42.0 Å². The van der Waals surface area contributed by atoms with E-state index in [1.165, 1.54) is 49.1 Å². The molecule has 9 nitrogen and oxygen atoms in total. The van der Waals surface area contributed by atoms with E-state index in [0.717, 1.165) is 37.6 Å². The van der Waals surface area contributed by atoms with Crippen molar-refractivity contribution < 1.29 is 35.1 Å². The maximum atomic E-state index is 15.4. The minimum atomic E-state index is -6.06. The maximum Gasteiger partial charge on any atom is 0.458 e. The summed E-state index contributed by atoms with van der Waals surface area (Å²) in [7, 11) is -1.00. The third kappa shape index (κ3) is 6.24. The first-order valence-electron chi connectivity index (χ1n) is 13.6. The quantitative estimate of drug-likeness (QED) is 0.218. The van der Waals surface area contributed by atoms with Crippen molar-refractivity contribution in [2.75, 3.05) is 18.3 Å². The van der Waals surface area contributed by atoms with Crippen LogP contribution in [0.3, 0.4) is 0 Å². The van der Waals surface area contributed by atoms with E-state index in [9.17, 15) is 21.6 Å². The highest BCUT2D eigenvalue weighted by molar-refractivity contribution is 7.92. The molecule has 2 aromatic heterocycles. The Balaban J connectivity index is 1.71. The molecule has 1 N–H and O–H groups in total. The molecule has 1 unspecified atom stereocenters. The van der Waals surface area contributed by atoms with E-state index in [-0.39, 0.29) is 22.3 Å². The second kappa shape index (κ2) is 11.8. The number of nitrogens with one attached hydrogen (secondary N) is 1. The molecule has 1 aliphatic heterocycles. The summed E-state index contributed by atoms with van der Waals surface area (Å²) in [5, 5.41) is 3.80. The van der Waals surface area contributed by atoms with Crippen molar-refractivity contribution in [1.29, 1.82) is 0 Å². The standard InChI is InChI=1S/C29H29F5N6O3S/c1-18-9-4-5-12-22(18)25-24(28(30,31)29(32,33)34)26(37-27(36-25)38-44(41,42)21-16-35-40(3)17-21)43-20-11-8-10-19(15-20)23-13-6-7-14-39(23)2/h4-5,8-12,15-17,23H,6-7,13-14H2,1-3H3,(H,36,37,38). The Morgan fingerprint density at radius 1 is 1.00 bits per heavy atom. The van der Waals surface area contributed by atoms with Crippen LogP contribution in [0.4, 0.5) is 27.9 Å². The molecule has 3 heterocycles. The number of rotatable bonds is 8. The number of ether oxygens (including phenoxy) is 1. The monoisotopic (exact) mass is 636 g/mol. The fourth-order valence-corrected chi connectivity index (χ4v) is 6.05. The number of nitrogens with zero attached hydrogens (tertiary/aromatic N) is 5. The van der Waals surface area contributed by atoms with Crippen LogP contribution in [0.25, 0.3) is 11.3 Å². The molecular weight excluding hydrogens is 607 g/mol. The number of aryl methyl sites for hydroxylation is 2. The third-order valence-corrected chi connectivity index (χ3v) is 8.67. The summed E-state index contributed by atoms with van der Waals surface area (Å²) in [4.78, 5) is 9.52. The highest BCUT2D eigenvalue weighted by Gasteiger charge is 2.62. The summed E-state index contributed by atoms with van der Waals surface area (Å²) in [5.41, 5.74) is -1.51. The third-order valence-electron chi connectivity index (χ3n) is 7.39. The molecule has 2 aromatic carbocycles. The lowest BCUT2D eigenvalue weighted by molar-refractivity contribution is -0.289. The van der Waals surface area contributed by atoms with Gasteiger partial charge in [-0.15, -0.1) is 0 Å². The first-order valence-corrected chi connectivity index (χ1v) is 15.1. The van der Waals surface area contributed by atoms with Crippen LogP contribution >= 0.6 is 0 Å². The number of benzene rings is 2. The Bertz CT molecular complexity index is 1780. The summed E-state index contributed by atoms with van der Waals surface area (Å²) in [6.45, 7) is 2.33. The number of alkyl halides is 5. The topological polar surface area (TPSA) is 102 Å². The molecule has 5 rings (SSSR count). The van der Waals surface area contributed by atoms with E-state index in [1.807, 2.05) is 13.1 Å². The Kier molecular flexibility index (Phi) is 8.37. The number of aromatic nitrogens is 4. The van der Waals surface area contributed by atoms with Crippen molar-refractivity contribution in [2.45, 2.75) is 49.2 Å². The van der Waals surface area contributed by atoms with Crippen molar-refractivity contribution >= 4 is 16.0 Å². The molecule has 0 bridgehead atoms. The molecule has 1 atom stereocenters. The van der Waals surface area contributed by atoms with Crippen LogP contribution in [0.2, 0.25) is 0 Å². The number of hydrogen-bond donors (Lipinski definition) is 1. The number of likely N-dealkylation sites (tertiary alicyclic amines) is 1. The molecular formula is C29H29F5N6O3S. The van der Waals surface area contributed by atoms with Crippen molar-refractivity contribution in [3.63, 3.8) is 0 Å². The van der Waals surface area contributed by atoms with Crippen LogP contribution in [0.15, 0.2) is 65.8 Å². The van der Waals surface area contributed by atoms with E-state index >= 15 is 8.78 Å². The van der Waals surface area contributed by atoms with Gasteiger partial charge >= 0.3 is 12.1 Å². The molecule has 15 heteroatoms. The molecule has 234 valence electrons. The van der Waals surface area contributed by atoms with Crippen LogP contribution < -0.4 is 9.46 Å². The molecule has 0 radical (unpaired) electrons. The predicted molar refractivity (Wildman–Crippen MR) is 152 cm³/mol. The smallest absolute Gasteiger partial charge is 0.438 e. The van der Waals surface area contributed by atoms with Gasteiger partial charge in [-0.2, -0.15) is 32.0 Å². The number of hydrogen-bond acceptors (Lipinski definition) is 7. The van der Waals surface area contributed by atoms with Crippen LogP contribution in [-0.4, -0.2) is 52.8 Å². The highest BCUT2D eigenvalue weighted by Crippen LogP contribution is 2.51. The number of halogens is 5. The average molecular weight is 637 g/mol. The van der Waals surface area contributed by atoms with Gasteiger partial charge in [-0.3, -0.25) is 9.58 Å². The zero-order chi connectivity index (χ0) is 31.9. The SMILES string of the molecule is Cc1ccccc1-c1nc(NS(=O)(=O)c2cnn(C)c2)nc(Oc2cccc(C3CCCCN3C)c2)c1C(F)(F)C(F)(F)F. The summed E-state index contributed by atoms with van der Waals surface area (Å²) in [5.74, 6) is -7.47. The minimum Gasteiger partial charge on any atom is -0.438 e. The van der Waals surface area contributed by atoms with Crippen molar-refractivity contribution in [1.82, 2.24) is 24.6 Å². The van der Waals surface area contributed by atoms with Gasteiger partial charge in [0, 0.05) is 24.8 Å². The Hall–Kier alpha value is -4.11. The lowest BCUT2D eigenvalue weighted by atomic mass is 9.96. The van der Waals surface area contributed by atoms with Gasteiger partial charge in [-0.1, -0.05) is 42.8 Å². The summed E-state index contributed by atoms with van der Waals surface area (Å²) < 4.78 is 108. The maximum absolute atomic E-state index is 15.4. The average Bonchev–Trinajstić information content (AvgIpc) is 3.40. The minimum absolute atomic E-state index is 0.0156. The van der Waals surface area contributed by atoms with E-state index in [0.29, 0.717) is 5.56 Å². The number of anilines is 1. The van der Waals surface area contributed by atoms with Gasteiger partial charge in [0.15, 0.2) is 0 Å². The van der Waals surface area contributed by atoms with Gasteiger partial charge in [0.2, 0.25) is 11.8 Å². The van der Waals surface area contributed by atoms with Gasteiger partial charge in [-0.05, 0) is 56.6 Å². The molecule has 4 aromatic rings. The molecule has 1 aliphatic rings. The highest BCUT2D eigenvalue weighted by atomic mass is 32.2. The van der Waals surface area contributed by atoms with E-state index in [4.69, 9.17) is 4.74 Å². The molecule has 0 spiro atoms. The summed E-state index contributed by atoms with van der Waals surface area (Å²) in [6, 6.07) is 12.2. The largest absolute Gasteiger partial charge is 0.458 e. The van der Waals surface area contributed by atoms with Gasteiger partial charge in [-0.25, -0.2) is 18.1 Å². The van der Waals surface area contributed by atoms with Crippen LogP contribution in [0, 0.1) is 6.92 Å². The lowest BCUT2D eigenvalue weighted by Crippen LogP contribution is -2.35. The molecule has 1 fully saturated rings. The molecule has 1 saturated heterocycles. The Morgan fingerprint density at radius 3 is 2.41 bits per heavy atom. The first-order chi connectivity index (χ1) is 20.7. The van der Waals surface area contributed by atoms with Crippen molar-refractivity contribution in [3.05, 3.63) is 77.6 Å².